The van der Waals surface area contributed by atoms with E-state index in [9.17, 15) is 9.90 Å². The van der Waals surface area contributed by atoms with Crippen LogP contribution in [0.3, 0.4) is 0 Å². The van der Waals surface area contributed by atoms with Crippen LogP contribution in [0.2, 0.25) is 0 Å². The topological polar surface area (TPSA) is 105 Å². The number of hydrogen-bond acceptors (Lipinski definition) is 4. The van der Waals surface area contributed by atoms with Gasteiger partial charge in [0, 0.05) is 17.0 Å². The summed E-state index contributed by atoms with van der Waals surface area (Å²) in [6.07, 6.45) is 4.84. The van der Waals surface area contributed by atoms with Crippen LogP contribution in [0.1, 0.15) is 46.5 Å². The maximum atomic E-state index is 11.3. The normalized spacial score (nSPS) is 20.2. The Morgan fingerprint density at radius 2 is 1.88 bits per heavy atom. The summed E-state index contributed by atoms with van der Waals surface area (Å²) in [6.45, 7) is 5.76. The van der Waals surface area contributed by atoms with Crippen LogP contribution in [0, 0.1) is 0 Å². The molecule has 0 saturated heterocycles. The number of nitrogen functional groups attached to an aromatic ring is 1. The van der Waals surface area contributed by atoms with Gasteiger partial charge in [-0.25, -0.2) is 4.79 Å². The largest absolute Gasteiger partial charge is 0.465 e. The van der Waals surface area contributed by atoms with Crippen LogP contribution < -0.4 is 11.5 Å². The molecule has 0 aliphatic heterocycles. The third-order valence-electron chi connectivity index (χ3n) is 4.65. The molecule has 0 radical (unpaired) electrons. The predicted molar refractivity (Wildman–Crippen MR) is 106 cm³/mol. The third kappa shape index (κ3) is 5.08. The van der Waals surface area contributed by atoms with Crippen LogP contribution in [0.4, 0.5) is 10.5 Å². The fourth-order valence-corrected chi connectivity index (χ4v) is 3.47. The van der Waals surface area contributed by atoms with Gasteiger partial charge in [0.05, 0.1) is 23.4 Å². The summed E-state index contributed by atoms with van der Waals surface area (Å²) in [5, 5.41) is 10.3. The van der Waals surface area contributed by atoms with Crippen molar-refractivity contribution in [1.82, 2.24) is 9.88 Å². The average molecular weight is 358 g/mol. The summed E-state index contributed by atoms with van der Waals surface area (Å²) in [4.78, 5) is 16.9. The lowest BCUT2D eigenvalue weighted by Crippen LogP contribution is -2.58. The molecule has 1 saturated carbocycles. The monoisotopic (exact) mass is 358 g/mol. The van der Waals surface area contributed by atoms with Crippen molar-refractivity contribution in [3.63, 3.8) is 0 Å². The number of fused-ring (bicyclic) bond motifs is 1. The molecule has 3 rings (SSSR count). The second-order valence-corrected chi connectivity index (χ2v) is 7.80. The van der Waals surface area contributed by atoms with E-state index >= 15 is 0 Å². The van der Waals surface area contributed by atoms with E-state index in [1.165, 1.54) is 4.90 Å². The molecule has 1 aromatic heterocycles. The maximum absolute atomic E-state index is 11.3. The van der Waals surface area contributed by atoms with E-state index < -0.39 is 6.09 Å². The predicted octanol–water partition coefficient (Wildman–Crippen LogP) is 3.85. The Kier molecular flexibility index (Phi) is 6.42. The number of amides is 1. The van der Waals surface area contributed by atoms with E-state index in [1.807, 2.05) is 51.1 Å². The van der Waals surface area contributed by atoms with Gasteiger partial charge in [-0.15, -0.1) is 0 Å². The Balaban J connectivity index is 0.000000195. The summed E-state index contributed by atoms with van der Waals surface area (Å²) in [6, 6.07) is 9.80. The van der Waals surface area contributed by atoms with Gasteiger partial charge in [0.2, 0.25) is 0 Å². The number of benzene rings is 1. The summed E-state index contributed by atoms with van der Waals surface area (Å²) in [5.41, 5.74) is 12.9. The molecule has 1 aliphatic rings. The molecule has 1 heterocycles. The summed E-state index contributed by atoms with van der Waals surface area (Å²) >= 11 is 0. The molecule has 0 unspecified atom stereocenters. The minimum Gasteiger partial charge on any atom is -0.465 e. The van der Waals surface area contributed by atoms with Gasteiger partial charge >= 0.3 is 6.09 Å². The Morgan fingerprint density at radius 1 is 1.23 bits per heavy atom. The van der Waals surface area contributed by atoms with Crippen molar-refractivity contribution in [2.45, 2.75) is 64.1 Å². The highest BCUT2D eigenvalue weighted by Gasteiger charge is 2.37. The molecule has 1 aliphatic carbocycles. The van der Waals surface area contributed by atoms with Crippen molar-refractivity contribution < 1.29 is 9.90 Å². The molecule has 5 N–H and O–H groups in total. The third-order valence-corrected chi connectivity index (χ3v) is 4.65. The number of aromatic nitrogens is 1. The lowest BCUT2D eigenvalue weighted by atomic mass is 9.87. The number of nitrogens with two attached hydrogens (primary N) is 2. The number of rotatable bonds is 1. The van der Waals surface area contributed by atoms with Crippen molar-refractivity contribution in [3.05, 3.63) is 36.5 Å². The van der Waals surface area contributed by atoms with Gasteiger partial charge in [0.1, 0.15) is 0 Å². The van der Waals surface area contributed by atoms with Crippen LogP contribution in [0.15, 0.2) is 36.5 Å². The molecule has 6 heteroatoms. The fourth-order valence-electron chi connectivity index (χ4n) is 3.47. The first kappa shape index (κ1) is 20.0. The smallest absolute Gasteiger partial charge is 0.408 e. The summed E-state index contributed by atoms with van der Waals surface area (Å²) in [7, 11) is 0. The number of pyridine rings is 1. The van der Waals surface area contributed by atoms with E-state index in [0.29, 0.717) is 5.69 Å². The Bertz CT molecular complexity index is 742. The van der Waals surface area contributed by atoms with Crippen molar-refractivity contribution >= 4 is 22.7 Å². The minimum absolute atomic E-state index is 0.00549. The molecule has 1 aromatic carbocycles. The first-order valence-electron chi connectivity index (χ1n) is 9.08. The highest BCUT2D eigenvalue weighted by Crippen LogP contribution is 2.27. The lowest BCUT2D eigenvalue weighted by Gasteiger charge is -2.44. The first-order valence-corrected chi connectivity index (χ1v) is 9.08. The van der Waals surface area contributed by atoms with Gasteiger partial charge in [-0.1, -0.05) is 31.0 Å². The Labute approximate surface area is 155 Å². The number of carbonyl (C=O) groups is 1. The Morgan fingerprint density at radius 3 is 2.50 bits per heavy atom. The van der Waals surface area contributed by atoms with E-state index in [4.69, 9.17) is 11.5 Å². The molecule has 6 nitrogen and oxygen atoms in total. The maximum Gasteiger partial charge on any atom is 0.408 e. The first-order chi connectivity index (χ1) is 12.2. The van der Waals surface area contributed by atoms with Crippen LogP contribution in [-0.2, 0) is 0 Å². The number of para-hydroxylation sites is 1. The molecule has 0 spiro atoms. The van der Waals surface area contributed by atoms with Crippen molar-refractivity contribution in [2.75, 3.05) is 5.73 Å². The second kappa shape index (κ2) is 8.36. The SMILES string of the molecule is CC(C)(C)N(C(=O)O)[C@H]1CCCC[C@H]1N.Nc1cnc2ccccc2c1. The molecular weight excluding hydrogens is 328 g/mol. The van der Waals surface area contributed by atoms with E-state index in [1.54, 1.807) is 6.20 Å². The zero-order valence-electron chi connectivity index (χ0n) is 15.9. The average Bonchev–Trinajstić information content (AvgIpc) is 2.56. The summed E-state index contributed by atoms with van der Waals surface area (Å²) in [5.74, 6) is 0. The molecule has 142 valence electrons. The molecular formula is C20H30N4O2. The van der Waals surface area contributed by atoms with Crippen LogP contribution in [0.5, 0.6) is 0 Å². The van der Waals surface area contributed by atoms with Crippen molar-refractivity contribution in [3.8, 4) is 0 Å². The lowest BCUT2D eigenvalue weighted by molar-refractivity contribution is 0.0491. The van der Waals surface area contributed by atoms with Gasteiger partial charge in [-0.2, -0.15) is 0 Å². The van der Waals surface area contributed by atoms with Gasteiger partial charge in [-0.3, -0.25) is 9.88 Å². The minimum atomic E-state index is -0.857. The number of anilines is 1. The molecule has 2 aromatic rings. The number of carboxylic acid groups (broad SMARTS) is 1. The standard InChI is InChI=1S/C11H22N2O2.C9H8N2/c1-11(2,3)13(10(14)15)9-7-5-4-6-8(9)12;10-8-5-7-3-1-2-4-9(7)11-6-8/h8-9H,4-7,12H2,1-3H3,(H,14,15);1-6H,10H2/t8-,9+;/m1./s1. The van der Waals surface area contributed by atoms with E-state index in [-0.39, 0.29) is 17.6 Å². The highest BCUT2D eigenvalue weighted by molar-refractivity contribution is 5.80. The van der Waals surface area contributed by atoms with Crippen LogP contribution in [0.25, 0.3) is 10.9 Å². The van der Waals surface area contributed by atoms with Crippen LogP contribution >= 0.6 is 0 Å². The molecule has 1 amide bonds. The molecule has 1 fully saturated rings. The van der Waals surface area contributed by atoms with E-state index in [0.717, 1.165) is 36.6 Å². The van der Waals surface area contributed by atoms with Gasteiger partial charge in [-0.05, 0) is 45.7 Å². The quantitative estimate of drug-likeness (QED) is 0.718. The summed E-state index contributed by atoms with van der Waals surface area (Å²) < 4.78 is 0. The van der Waals surface area contributed by atoms with Crippen molar-refractivity contribution in [1.29, 1.82) is 0 Å². The zero-order valence-corrected chi connectivity index (χ0v) is 15.9. The van der Waals surface area contributed by atoms with Crippen molar-refractivity contribution in [2.24, 2.45) is 5.73 Å². The number of hydrogen-bond donors (Lipinski definition) is 3. The van der Waals surface area contributed by atoms with Gasteiger partial charge in [0.25, 0.3) is 0 Å². The van der Waals surface area contributed by atoms with E-state index in [2.05, 4.69) is 4.98 Å². The van der Waals surface area contributed by atoms with Gasteiger partial charge in [0.15, 0.2) is 0 Å². The fraction of sp³-hybridized carbons (Fsp3) is 0.500. The molecule has 0 bridgehead atoms. The van der Waals surface area contributed by atoms with Crippen LogP contribution in [-0.4, -0.2) is 38.7 Å². The highest BCUT2D eigenvalue weighted by atomic mass is 16.4. The number of nitrogens with zero attached hydrogens (tertiary/aromatic N) is 2. The second-order valence-electron chi connectivity index (χ2n) is 7.80. The van der Waals surface area contributed by atoms with Gasteiger partial charge < -0.3 is 16.6 Å². The molecule has 2 atom stereocenters. The zero-order chi connectivity index (χ0) is 19.3. The Hall–Kier alpha value is -2.34. The molecule has 26 heavy (non-hydrogen) atoms.